The molecule has 5 N–H and O–H groups in total. The van der Waals surface area contributed by atoms with Gasteiger partial charge in [0.05, 0.1) is 24.7 Å². The summed E-state index contributed by atoms with van der Waals surface area (Å²) < 4.78 is 5.48. The third kappa shape index (κ3) is 3.83. The second-order valence-corrected chi connectivity index (χ2v) is 7.18. The fourth-order valence-corrected chi connectivity index (χ4v) is 3.63. The zero-order chi connectivity index (χ0) is 22.8. The van der Waals surface area contributed by atoms with Gasteiger partial charge in [0.1, 0.15) is 17.5 Å². The molecule has 0 fully saturated rings. The number of carboxylic acids is 1. The molecular weight excluding hydrogens is 412 g/mol. The quantitative estimate of drug-likeness (QED) is 0.353. The van der Waals surface area contributed by atoms with Gasteiger partial charge in [0.2, 0.25) is 5.91 Å². The Balaban J connectivity index is 1.90. The van der Waals surface area contributed by atoms with Crippen molar-refractivity contribution in [3.8, 4) is 17.0 Å². The van der Waals surface area contributed by atoms with E-state index in [0.717, 1.165) is 16.3 Å². The Morgan fingerprint density at radius 2 is 1.84 bits per heavy atom. The number of hydrogen-bond donors (Lipinski definition) is 4. The first kappa shape index (κ1) is 20.9. The second-order valence-electron chi connectivity index (χ2n) is 7.18. The van der Waals surface area contributed by atoms with E-state index < -0.39 is 30.2 Å². The Morgan fingerprint density at radius 3 is 2.56 bits per heavy atom. The second kappa shape index (κ2) is 8.38. The summed E-state index contributed by atoms with van der Waals surface area (Å²) >= 11 is 0. The number of carboxylic acid groups (broad SMARTS) is 1. The van der Waals surface area contributed by atoms with Crippen LogP contribution in [0.3, 0.4) is 0 Å². The minimum atomic E-state index is -1.46. The van der Waals surface area contributed by atoms with E-state index in [1.54, 1.807) is 19.2 Å². The molecule has 4 aromatic rings. The molecule has 0 saturated heterocycles. The normalized spacial score (nSPS) is 11.9. The molecule has 9 heteroatoms. The van der Waals surface area contributed by atoms with E-state index in [4.69, 9.17) is 10.5 Å². The number of carbonyl (C=O) groups excluding carboxylic acids is 2. The topological polar surface area (TPSA) is 147 Å². The Labute approximate surface area is 182 Å². The van der Waals surface area contributed by atoms with E-state index in [-0.39, 0.29) is 5.69 Å². The van der Waals surface area contributed by atoms with Crippen molar-refractivity contribution < 1.29 is 24.2 Å². The number of carbonyl (C=O) groups is 3. The van der Waals surface area contributed by atoms with E-state index in [1.807, 2.05) is 42.5 Å². The number of hydrogen-bond acceptors (Lipinski definition) is 5. The molecule has 2 heterocycles. The molecule has 32 heavy (non-hydrogen) atoms. The number of nitrogens with one attached hydrogen (secondary N) is 2. The highest BCUT2D eigenvalue weighted by atomic mass is 16.5. The average Bonchev–Trinajstić information content (AvgIpc) is 3.16. The highest BCUT2D eigenvalue weighted by molar-refractivity contribution is 6.13. The standard InChI is InChI=1S/C23H20N4O5/c1-32-18-9-5-3-7-13(18)20-21-14(12-6-2-4-8-15(12)25-21)10-16(26-20)22(29)27-17(23(30)31)11-19(24)28/h2-10,17,25H,11H2,1H3,(H2,24,28)(H,27,29)(H,30,31). The van der Waals surface area contributed by atoms with Gasteiger partial charge in [-0.3, -0.25) is 9.59 Å². The molecule has 1 atom stereocenters. The molecule has 2 aromatic carbocycles. The number of para-hydroxylation sites is 2. The molecule has 1 unspecified atom stereocenters. The molecule has 2 aromatic heterocycles. The first-order valence-corrected chi connectivity index (χ1v) is 9.76. The van der Waals surface area contributed by atoms with Crippen LogP contribution in [0.1, 0.15) is 16.9 Å². The van der Waals surface area contributed by atoms with Gasteiger partial charge in [0.25, 0.3) is 5.91 Å². The predicted molar refractivity (Wildman–Crippen MR) is 118 cm³/mol. The monoisotopic (exact) mass is 432 g/mol. The number of ether oxygens (including phenoxy) is 1. The van der Waals surface area contributed by atoms with Crippen LogP contribution in [0, 0.1) is 0 Å². The van der Waals surface area contributed by atoms with Crippen molar-refractivity contribution in [1.29, 1.82) is 0 Å². The van der Waals surface area contributed by atoms with E-state index in [2.05, 4.69) is 15.3 Å². The summed E-state index contributed by atoms with van der Waals surface area (Å²) in [4.78, 5) is 43.5. The number of aliphatic carboxylic acids is 1. The van der Waals surface area contributed by atoms with Crippen molar-refractivity contribution >= 4 is 39.6 Å². The third-order valence-corrected chi connectivity index (χ3v) is 5.10. The number of benzene rings is 2. The third-order valence-electron chi connectivity index (χ3n) is 5.10. The number of pyridine rings is 1. The number of primary amides is 1. The van der Waals surface area contributed by atoms with Gasteiger partial charge in [-0.05, 0) is 24.3 Å². The molecule has 162 valence electrons. The number of aromatic amines is 1. The maximum atomic E-state index is 13.0. The van der Waals surface area contributed by atoms with Gasteiger partial charge in [-0.15, -0.1) is 0 Å². The van der Waals surface area contributed by atoms with Gasteiger partial charge in [-0.1, -0.05) is 30.3 Å². The van der Waals surface area contributed by atoms with Crippen molar-refractivity contribution in [3.63, 3.8) is 0 Å². The summed E-state index contributed by atoms with van der Waals surface area (Å²) in [5.41, 5.74) is 7.81. The van der Waals surface area contributed by atoms with Crippen LogP contribution < -0.4 is 15.8 Å². The van der Waals surface area contributed by atoms with Crippen LogP contribution in [0.15, 0.2) is 54.6 Å². The Kier molecular flexibility index (Phi) is 5.46. The number of aromatic nitrogens is 2. The highest BCUT2D eigenvalue weighted by Gasteiger charge is 2.25. The first-order chi connectivity index (χ1) is 15.4. The summed E-state index contributed by atoms with van der Waals surface area (Å²) in [6.45, 7) is 0. The van der Waals surface area contributed by atoms with Crippen LogP contribution >= 0.6 is 0 Å². The van der Waals surface area contributed by atoms with Gasteiger partial charge in [0.15, 0.2) is 0 Å². The lowest BCUT2D eigenvalue weighted by molar-refractivity contribution is -0.140. The molecule has 4 rings (SSSR count). The lowest BCUT2D eigenvalue weighted by Crippen LogP contribution is -2.43. The van der Waals surface area contributed by atoms with Crippen LogP contribution in [-0.2, 0) is 9.59 Å². The minimum absolute atomic E-state index is 0.00104. The number of fused-ring (bicyclic) bond motifs is 3. The van der Waals surface area contributed by atoms with Crippen molar-refractivity contribution in [2.24, 2.45) is 5.73 Å². The lowest BCUT2D eigenvalue weighted by atomic mass is 10.1. The molecule has 0 saturated carbocycles. The van der Waals surface area contributed by atoms with Crippen molar-refractivity contribution in [1.82, 2.24) is 15.3 Å². The lowest BCUT2D eigenvalue weighted by Gasteiger charge is -2.14. The molecule has 0 bridgehead atoms. The fourth-order valence-electron chi connectivity index (χ4n) is 3.63. The maximum absolute atomic E-state index is 13.0. The zero-order valence-electron chi connectivity index (χ0n) is 17.1. The van der Waals surface area contributed by atoms with E-state index >= 15 is 0 Å². The van der Waals surface area contributed by atoms with Crippen LogP contribution in [-0.4, -0.2) is 46.0 Å². The Bertz CT molecular complexity index is 1360. The van der Waals surface area contributed by atoms with Crippen LogP contribution in [0.5, 0.6) is 5.75 Å². The smallest absolute Gasteiger partial charge is 0.326 e. The number of amides is 2. The average molecular weight is 432 g/mol. The fraction of sp³-hybridized carbons (Fsp3) is 0.130. The summed E-state index contributed by atoms with van der Waals surface area (Å²) in [5.74, 6) is -2.38. The predicted octanol–water partition coefficient (Wildman–Crippen LogP) is 2.45. The zero-order valence-corrected chi connectivity index (χ0v) is 17.1. The van der Waals surface area contributed by atoms with Crippen molar-refractivity contribution in [3.05, 3.63) is 60.3 Å². The Morgan fingerprint density at radius 1 is 1.12 bits per heavy atom. The molecule has 0 aliphatic rings. The highest BCUT2D eigenvalue weighted by Crippen LogP contribution is 2.36. The van der Waals surface area contributed by atoms with E-state index in [9.17, 15) is 19.5 Å². The summed E-state index contributed by atoms with van der Waals surface area (Å²) in [6, 6.07) is 15.0. The first-order valence-electron chi connectivity index (χ1n) is 9.76. The Hall–Kier alpha value is -4.40. The number of H-pyrrole nitrogens is 1. The van der Waals surface area contributed by atoms with Crippen molar-refractivity contribution in [2.75, 3.05) is 7.11 Å². The molecule has 0 spiro atoms. The van der Waals surface area contributed by atoms with Gasteiger partial charge >= 0.3 is 5.97 Å². The number of rotatable bonds is 7. The summed E-state index contributed by atoms with van der Waals surface area (Å²) in [6.07, 6.45) is -0.532. The molecule has 9 nitrogen and oxygen atoms in total. The van der Waals surface area contributed by atoms with Crippen molar-refractivity contribution in [2.45, 2.75) is 12.5 Å². The van der Waals surface area contributed by atoms with Crippen LogP contribution in [0.25, 0.3) is 33.1 Å². The molecule has 0 aliphatic heterocycles. The van der Waals surface area contributed by atoms with Gasteiger partial charge in [-0.25, -0.2) is 9.78 Å². The van der Waals surface area contributed by atoms with E-state index in [1.165, 1.54) is 0 Å². The molecule has 2 amide bonds. The number of methoxy groups -OCH3 is 1. The SMILES string of the molecule is COc1ccccc1-c1nc(C(=O)NC(CC(N)=O)C(=O)O)cc2c1[nH]c1ccccc12. The van der Waals surface area contributed by atoms with Crippen LogP contribution in [0.4, 0.5) is 0 Å². The molecule has 0 aliphatic carbocycles. The van der Waals surface area contributed by atoms with Gasteiger partial charge in [0, 0.05) is 21.9 Å². The van der Waals surface area contributed by atoms with Gasteiger partial charge in [-0.2, -0.15) is 0 Å². The largest absolute Gasteiger partial charge is 0.496 e. The maximum Gasteiger partial charge on any atom is 0.326 e. The summed E-state index contributed by atoms with van der Waals surface area (Å²) in [7, 11) is 1.54. The number of nitrogens with two attached hydrogens (primary N) is 1. The minimum Gasteiger partial charge on any atom is -0.496 e. The van der Waals surface area contributed by atoms with Crippen LogP contribution in [0.2, 0.25) is 0 Å². The number of nitrogens with zero attached hydrogens (tertiary/aromatic N) is 1. The summed E-state index contributed by atoms with van der Waals surface area (Å²) in [5, 5.41) is 13.3. The van der Waals surface area contributed by atoms with Gasteiger partial charge < -0.3 is 25.9 Å². The molecule has 0 radical (unpaired) electrons. The van der Waals surface area contributed by atoms with E-state index in [0.29, 0.717) is 22.5 Å². The molecular formula is C23H20N4O5.